The highest BCUT2D eigenvalue weighted by Gasteiger charge is 2.27. The van der Waals surface area contributed by atoms with E-state index in [0.29, 0.717) is 0 Å². The molecule has 0 aliphatic heterocycles. The summed E-state index contributed by atoms with van der Waals surface area (Å²) in [5.74, 6) is -1.69. The molecule has 1 N–H and O–H groups in total. The van der Waals surface area contributed by atoms with Crippen molar-refractivity contribution in [1.82, 2.24) is 5.32 Å². The van der Waals surface area contributed by atoms with Gasteiger partial charge in [-0.1, -0.05) is 6.07 Å². The number of hydrogen-bond acceptors (Lipinski definition) is 7. The van der Waals surface area contributed by atoms with Crippen molar-refractivity contribution in [3.8, 4) is 5.75 Å². The molecule has 1 amide bonds. The third kappa shape index (κ3) is 4.56. The minimum atomic E-state index is -1.50. The lowest BCUT2D eigenvalue weighted by molar-refractivity contribution is -0.384. The van der Waals surface area contributed by atoms with Crippen LogP contribution >= 0.6 is 0 Å². The highest BCUT2D eigenvalue weighted by atomic mass is 16.6. The van der Waals surface area contributed by atoms with E-state index >= 15 is 0 Å². The first-order valence-corrected chi connectivity index (χ1v) is 5.66. The van der Waals surface area contributed by atoms with Gasteiger partial charge in [-0.2, -0.15) is 0 Å². The smallest absolute Gasteiger partial charge is 0.413 e. The summed E-state index contributed by atoms with van der Waals surface area (Å²) in [4.78, 5) is 44.0. The fraction of sp³-hybridized carbons (Fsp3) is 0.250. The van der Waals surface area contributed by atoms with Crippen molar-refractivity contribution in [3.05, 3.63) is 34.4 Å². The molecule has 9 nitrogen and oxygen atoms in total. The molecule has 0 spiro atoms. The Kier molecular flexibility index (Phi) is 5.35. The summed E-state index contributed by atoms with van der Waals surface area (Å²) < 4.78 is 9.12. The largest absolute Gasteiger partial charge is 0.467 e. The molecule has 1 atom stereocenters. The third-order valence-electron chi connectivity index (χ3n) is 2.34. The SMILES string of the molecule is COC(=O)C(NC(=O)Oc1cccc([N+](=O)[O-])c1)C(C)=O. The normalized spacial score (nSPS) is 11.1. The summed E-state index contributed by atoms with van der Waals surface area (Å²) in [7, 11) is 1.06. The Labute approximate surface area is 119 Å². The molecule has 0 saturated carbocycles. The summed E-state index contributed by atoms with van der Waals surface area (Å²) in [5, 5.41) is 12.6. The van der Waals surface area contributed by atoms with Crippen molar-refractivity contribution in [2.24, 2.45) is 0 Å². The highest BCUT2D eigenvalue weighted by molar-refractivity contribution is 6.04. The molecule has 0 aliphatic carbocycles. The lowest BCUT2D eigenvalue weighted by Gasteiger charge is -2.13. The Bertz CT molecular complexity index is 585. The van der Waals surface area contributed by atoms with Crippen LogP contribution in [0.1, 0.15) is 6.92 Å². The summed E-state index contributed by atoms with van der Waals surface area (Å²) in [6.07, 6.45) is -1.11. The lowest BCUT2D eigenvalue weighted by atomic mass is 10.2. The van der Waals surface area contributed by atoms with E-state index in [4.69, 9.17) is 4.74 Å². The zero-order valence-electron chi connectivity index (χ0n) is 11.2. The molecule has 0 radical (unpaired) electrons. The molecule has 0 heterocycles. The summed E-state index contributed by atoms with van der Waals surface area (Å²) in [6, 6.07) is 3.39. The number of amides is 1. The molecule has 112 valence electrons. The van der Waals surface area contributed by atoms with Gasteiger partial charge in [0.15, 0.2) is 11.8 Å². The number of benzene rings is 1. The standard InChI is InChI=1S/C12H12N2O7/c1-7(15)10(11(16)20-2)13-12(17)21-9-5-3-4-8(6-9)14(18)19/h3-6,10H,1-2H3,(H,13,17). The number of Topliss-reactive ketones (excluding diaryl/α,β-unsaturated/α-hetero) is 1. The van der Waals surface area contributed by atoms with E-state index in [1.54, 1.807) is 0 Å². The minimum absolute atomic E-state index is 0.103. The fourth-order valence-corrected chi connectivity index (χ4v) is 1.36. The molecule has 0 aromatic heterocycles. The number of esters is 1. The molecule has 9 heteroatoms. The Morgan fingerprint density at radius 3 is 2.52 bits per heavy atom. The van der Waals surface area contributed by atoms with E-state index in [2.05, 4.69) is 4.74 Å². The quantitative estimate of drug-likeness (QED) is 0.369. The number of ketones is 1. The number of hydrogen-bond donors (Lipinski definition) is 1. The monoisotopic (exact) mass is 296 g/mol. The van der Waals surface area contributed by atoms with Crippen molar-refractivity contribution in [2.75, 3.05) is 7.11 Å². The van der Waals surface area contributed by atoms with Gasteiger partial charge >= 0.3 is 12.1 Å². The van der Waals surface area contributed by atoms with Crippen LogP contribution in [0.15, 0.2) is 24.3 Å². The van der Waals surface area contributed by atoms with Crippen molar-refractivity contribution in [1.29, 1.82) is 0 Å². The van der Waals surface area contributed by atoms with Crippen LogP contribution in [0.25, 0.3) is 0 Å². The van der Waals surface area contributed by atoms with Gasteiger partial charge in [0, 0.05) is 6.07 Å². The highest BCUT2D eigenvalue weighted by Crippen LogP contribution is 2.19. The molecule has 0 saturated heterocycles. The lowest BCUT2D eigenvalue weighted by Crippen LogP contribution is -2.47. The van der Waals surface area contributed by atoms with Gasteiger partial charge in [-0.15, -0.1) is 0 Å². The summed E-state index contributed by atoms with van der Waals surface area (Å²) in [5.41, 5.74) is -0.267. The van der Waals surface area contributed by atoms with E-state index < -0.39 is 28.8 Å². The van der Waals surface area contributed by atoms with E-state index in [9.17, 15) is 24.5 Å². The number of carbonyl (C=O) groups is 3. The maximum absolute atomic E-state index is 11.6. The second kappa shape index (κ2) is 6.98. The van der Waals surface area contributed by atoms with Gasteiger partial charge in [-0.05, 0) is 13.0 Å². The van der Waals surface area contributed by atoms with Gasteiger partial charge in [0.05, 0.1) is 18.1 Å². The van der Waals surface area contributed by atoms with Gasteiger partial charge < -0.3 is 14.8 Å². The van der Waals surface area contributed by atoms with Crippen molar-refractivity contribution in [2.45, 2.75) is 13.0 Å². The molecule has 1 aromatic carbocycles. The van der Waals surface area contributed by atoms with Crippen LogP contribution in [0.4, 0.5) is 10.5 Å². The Morgan fingerprint density at radius 2 is 2.00 bits per heavy atom. The maximum atomic E-state index is 11.6. The average molecular weight is 296 g/mol. The predicted octanol–water partition coefficient (Wildman–Crippen LogP) is 0.814. The van der Waals surface area contributed by atoms with Crippen LogP contribution < -0.4 is 10.1 Å². The predicted molar refractivity (Wildman–Crippen MR) is 68.7 cm³/mol. The number of carbonyl (C=O) groups excluding carboxylic acids is 3. The van der Waals surface area contributed by atoms with Crippen molar-refractivity contribution in [3.63, 3.8) is 0 Å². The van der Waals surface area contributed by atoms with Gasteiger partial charge in [0.1, 0.15) is 5.75 Å². The zero-order valence-corrected chi connectivity index (χ0v) is 11.2. The number of non-ortho nitro benzene ring substituents is 1. The van der Waals surface area contributed by atoms with E-state index in [1.165, 1.54) is 18.2 Å². The fourth-order valence-electron chi connectivity index (χ4n) is 1.36. The number of nitrogens with zero attached hydrogens (tertiary/aromatic N) is 1. The second-order valence-electron chi connectivity index (χ2n) is 3.86. The molecule has 1 rings (SSSR count). The van der Waals surface area contributed by atoms with E-state index in [-0.39, 0.29) is 11.4 Å². The maximum Gasteiger partial charge on any atom is 0.413 e. The zero-order chi connectivity index (χ0) is 16.0. The Morgan fingerprint density at radius 1 is 1.33 bits per heavy atom. The molecule has 0 bridgehead atoms. The van der Waals surface area contributed by atoms with Crippen LogP contribution in [-0.4, -0.2) is 35.9 Å². The van der Waals surface area contributed by atoms with Crippen LogP contribution in [0.2, 0.25) is 0 Å². The Hall–Kier alpha value is -2.97. The molecule has 1 aromatic rings. The molecular formula is C12H12N2O7. The summed E-state index contributed by atoms with van der Waals surface area (Å²) >= 11 is 0. The number of rotatable bonds is 5. The second-order valence-corrected chi connectivity index (χ2v) is 3.86. The number of nitrogens with one attached hydrogen (secondary N) is 1. The van der Waals surface area contributed by atoms with Crippen LogP contribution in [0.5, 0.6) is 5.75 Å². The number of nitro groups is 1. The van der Waals surface area contributed by atoms with Gasteiger partial charge in [-0.25, -0.2) is 9.59 Å². The molecule has 0 fully saturated rings. The number of nitro benzene ring substituents is 1. The molecule has 1 unspecified atom stereocenters. The minimum Gasteiger partial charge on any atom is -0.467 e. The molecular weight excluding hydrogens is 284 g/mol. The number of methoxy groups -OCH3 is 1. The van der Waals surface area contributed by atoms with E-state index in [1.807, 2.05) is 5.32 Å². The first kappa shape index (κ1) is 16.1. The average Bonchev–Trinajstić information content (AvgIpc) is 2.43. The van der Waals surface area contributed by atoms with Gasteiger partial charge in [0.25, 0.3) is 5.69 Å². The summed E-state index contributed by atoms with van der Waals surface area (Å²) in [6.45, 7) is 1.09. The first-order chi connectivity index (χ1) is 9.85. The van der Waals surface area contributed by atoms with Crippen molar-refractivity contribution >= 4 is 23.5 Å². The van der Waals surface area contributed by atoms with Crippen molar-refractivity contribution < 1.29 is 28.8 Å². The van der Waals surface area contributed by atoms with Crippen LogP contribution in [0, 0.1) is 10.1 Å². The molecule has 0 aliphatic rings. The van der Waals surface area contributed by atoms with Crippen LogP contribution in [-0.2, 0) is 14.3 Å². The van der Waals surface area contributed by atoms with Gasteiger partial charge in [0.2, 0.25) is 0 Å². The topological polar surface area (TPSA) is 125 Å². The van der Waals surface area contributed by atoms with Gasteiger partial charge in [-0.3, -0.25) is 14.9 Å². The van der Waals surface area contributed by atoms with E-state index in [0.717, 1.165) is 20.1 Å². The first-order valence-electron chi connectivity index (χ1n) is 5.66. The van der Waals surface area contributed by atoms with Crippen LogP contribution in [0.3, 0.4) is 0 Å². The molecule has 21 heavy (non-hydrogen) atoms. The number of ether oxygens (including phenoxy) is 2. The Balaban J connectivity index is 2.77. The third-order valence-corrected chi connectivity index (χ3v) is 2.34.